The van der Waals surface area contributed by atoms with E-state index in [1.165, 1.54) is 19.2 Å². The molecule has 0 bridgehead atoms. The lowest BCUT2D eigenvalue weighted by atomic mass is 10.1. The van der Waals surface area contributed by atoms with Gasteiger partial charge in [0, 0.05) is 13.0 Å². The zero-order chi connectivity index (χ0) is 27.8. The summed E-state index contributed by atoms with van der Waals surface area (Å²) in [6.07, 6.45) is -0.772. The van der Waals surface area contributed by atoms with Crippen molar-refractivity contribution in [2.24, 2.45) is 11.8 Å². The summed E-state index contributed by atoms with van der Waals surface area (Å²) in [4.78, 5) is 48.1. The number of hydrogen-bond donors (Lipinski definition) is 1. The van der Waals surface area contributed by atoms with Crippen LogP contribution in [0.1, 0.15) is 53.0 Å². The summed E-state index contributed by atoms with van der Waals surface area (Å²) in [5, 5.41) is 2.99. The zero-order valence-electron chi connectivity index (χ0n) is 22.5. The minimum Gasteiger partial charge on any atom is -0.468 e. The van der Waals surface area contributed by atoms with Gasteiger partial charge in [0.1, 0.15) is 12.6 Å². The highest BCUT2D eigenvalue weighted by molar-refractivity contribution is 5.76. The molecule has 1 atom stereocenters. The molecule has 0 saturated heterocycles. The van der Waals surface area contributed by atoms with E-state index in [0.29, 0.717) is 18.4 Å². The van der Waals surface area contributed by atoms with Gasteiger partial charge in [-0.15, -0.1) is 0 Å². The second kappa shape index (κ2) is 17.2. The molecule has 0 heterocycles. The average Bonchev–Trinajstić information content (AvgIpc) is 2.84. The van der Waals surface area contributed by atoms with Gasteiger partial charge in [0.05, 0.1) is 20.3 Å². The maximum atomic E-state index is 12.3. The molecule has 0 amide bonds. The van der Waals surface area contributed by atoms with Crippen molar-refractivity contribution >= 4 is 24.2 Å². The third-order valence-electron chi connectivity index (χ3n) is 4.60. The third kappa shape index (κ3) is 13.5. The van der Waals surface area contributed by atoms with E-state index in [2.05, 4.69) is 5.32 Å². The molecule has 1 aromatic carbocycles. The second-order valence-corrected chi connectivity index (χ2v) is 9.10. The van der Waals surface area contributed by atoms with Crippen LogP contribution < -0.4 is 14.8 Å². The van der Waals surface area contributed by atoms with Gasteiger partial charge in [0.2, 0.25) is 0 Å². The van der Waals surface area contributed by atoms with Gasteiger partial charge in [-0.3, -0.25) is 9.59 Å². The quantitative estimate of drug-likeness (QED) is 0.154. The summed E-state index contributed by atoms with van der Waals surface area (Å²) in [6, 6.07) is 3.72. The molecule has 0 radical (unpaired) electrons. The van der Waals surface area contributed by atoms with Gasteiger partial charge in [0.25, 0.3) is 0 Å². The number of carbonyl (C=O) groups is 4. The van der Waals surface area contributed by atoms with Gasteiger partial charge in [-0.25, -0.2) is 9.59 Å². The second-order valence-electron chi connectivity index (χ2n) is 9.10. The predicted octanol–water partition coefficient (Wildman–Crippen LogP) is 4.05. The first-order valence-corrected chi connectivity index (χ1v) is 12.3. The fourth-order valence-electron chi connectivity index (χ4n) is 2.84. The number of esters is 2. The molecule has 1 N–H and O–H groups in total. The molecule has 0 saturated carbocycles. The van der Waals surface area contributed by atoms with E-state index in [9.17, 15) is 19.2 Å². The van der Waals surface area contributed by atoms with Crippen LogP contribution in [0.3, 0.4) is 0 Å². The van der Waals surface area contributed by atoms with Gasteiger partial charge in [-0.05, 0) is 42.4 Å². The smallest absolute Gasteiger partial charge is 0.468 e. The number of carbonyl (C=O) groups excluding carboxylic acids is 4. The molecule has 1 aromatic rings. The van der Waals surface area contributed by atoms with Crippen molar-refractivity contribution in [2.75, 3.05) is 33.5 Å². The molecule has 0 aliphatic heterocycles. The molecule has 208 valence electrons. The van der Waals surface area contributed by atoms with E-state index in [1.54, 1.807) is 6.07 Å². The van der Waals surface area contributed by atoms with Gasteiger partial charge < -0.3 is 33.7 Å². The van der Waals surface area contributed by atoms with Crippen LogP contribution in [0.15, 0.2) is 18.2 Å². The zero-order valence-corrected chi connectivity index (χ0v) is 22.5. The summed E-state index contributed by atoms with van der Waals surface area (Å²) in [7, 11) is 1.26. The first-order chi connectivity index (χ1) is 17.5. The number of rotatable bonds is 15. The highest BCUT2D eigenvalue weighted by Gasteiger charge is 2.22. The first kappa shape index (κ1) is 31.7. The number of nitrogens with one attached hydrogen (secondary N) is 1. The standard InChI is InChI=1S/C26H39NO10/c1-7-8-23(28)33-12-11-27-20(24(29)32-6)13-19-9-10-21(36-25(30)34-15-17(2)3)22(14-19)37-26(31)35-16-18(4)5/h9-10,14,17-18,20,27H,7-8,11-13,15-16H2,1-6H3/t20-/m0/s1. The Hall–Kier alpha value is -3.34. The molecular formula is C26H39NO10. The van der Waals surface area contributed by atoms with Crippen molar-refractivity contribution in [1.29, 1.82) is 0 Å². The Morgan fingerprint density at radius 3 is 2.00 bits per heavy atom. The molecule has 0 aromatic heterocycles. The fourth-order valence-corrected chi connectivity index (χ4v) is 2.84. The number of hydrogen-bond acceptors (Lipinski definition) is 11. The van der Waals surface area contributed by atoms with Crippen molar-refractivity contribution in [3.05, 3.63) is 23.8 Å². The highest BCUT2D eigenvalue weighted by Crippen LogP contribution is 2.30. The molecule has 0 spiro atoms. The van der Waals surface area contributed by atoms with E-state index >= 15 is 0 Å². The molecule has 1 rings (SSSR count). The molecule has 0 aliphatic rings. The van der Waals surface area contributed by atoms with Crippen LogP contribution in [0.25, 0.3) is 0 Å². The van der Waals surface area contributed by atoms with Gasteiger partial charge >= 0.3 is 24.2 Å². The lowest BCUT2D eigenvalue weighted by Gasteiger charge is -2.18. The Morgan fingerprint density at radius 2 is 1.46 bits per heavy atom. The molecule has 0 aliphatic carbocycles. The Kier molecular flexibility index (Phi) is 14.7. The maximum absolute atomic E-state index is 12.3. The van der Waals surface area contributed by atoms with E-state index in [0.717, 1.165) is 0 Å². The summed E-state index contributed by atoms with van der Waals surface area (Å²) in [6.45, 7) is 9.99. The summed E-state index contributed by atoms with van der Waals surface area (Å²) >= 11 is 0. The number of ether oxygens (including phenoxy) is 6. The topological polar surface area (TPSA) is 136 Å². The third-order valence-corrected chi connectivity index (χ3v) is 4.60. The van der Waals surface area contributed by atoms with Gasteiger partial charge in [-0.2, -0.15) is 0 Å². The van der Waals surface area contributed by atoms with Crippen molar-refractivity contribution in [1.82, 2.24) is 5.32 Å². The van der Waals surface area contributed by atoms with E-state index in [4.69, 9.17) is 28.4 Å². The van der Waals surface area contributed by atoms with Crippen LogP contribution in [0.5, 0.6) is 11.5 Å². The number of methoxy groups -OCH3 is 1. The monoisotopic (exact) mass is 525 g/mol. The van der Waals surface area contributed by atoms with Crippen molar-refractivity contribution in [3.8, 4) is 11.5 Å². The average molecular weight is 526 g/mol. The molecule has 0 fully saturated rings. The Labute approximate surface area is 218 Å². The van der Waals surface area contributed by atoms with Gasteiger partial charge in [-0.1, -0.05) is 40.7 Å². The fraction of sp³-hybridized carbons (Fsp3) is 0.615. The van der Waals surface area contributed by atoms with E-state index in [-0.39, 0.29) is 62.1 Å². The largest absolute Gasteiger partial charge is 0.513 e. The molecule has 0 unspecified atom stereocenters. The van der Waals surface area contributed by atoms with Crippen LogP contribution >= 0.6 is 0 Å². The lowest BCUT2D eigenvalue weighted by molar-refractivity contribution is -0.144. The van der Waals surface area contributed by atoms with Crippen LogP contribution in [0.4, 0.5) is 9.59 Å². The highest BCUT2D eigenvalue weighted by atomic mass is 16.7. The van der Waals surface area contributed by atoms with Crippen LogP contribution in [0, 0.1) is 11.8 Å². The van der Waals surface area contributed by atoms with E-state index in [1.807, 2.05) is 34.6 Å². The molecule has 37 heavy (non-hydrogen) atoms. The maximum Gasteiger partial charge on any atom is 0.513 e. The molecule has 11 heteroatoms. The van der Waals surface area contributed by atoms with E-state index < -0.39 is 24.3 Å². The van der Waals surface area contributed by atoms with Crippen LogP contribution in [-0.2, 0) is 35.0 Å². The van der Waals surface area contributed by atoms with Crippen molar-refractivity contribution < 1.29 is 47.6 Å². The Balaban J connectivity index is 3.00. The SMILES string of the molecule is CCCC(=O)OCCN[C@@H](Cc1ccc(OC(=O)OCC(C)C)c(OC(=O)OCC(C)C)c1)C(=O)OC. The summed E-state index contributed by atoms with van der Waals surface area (Å²) in [5.41, 5.74) is 0.570. The van der Waals surface area contributed by atoms with Crippen molar-refractivity contribution in [3.63, 3.8) is 0 Å². The minimum absolute atomic E-state index is 0.0515. The number of benzene rings is 1. The van der Waals surface area contributed by atoms with Gasteiger partial charge in [0.15, 0.2) is 11.5 Å². The van der Waals surface area contributed by atoms with Crippen LogP contribution in [-0.4, -0.2) is 63.8 Å². The van der Waals surface area contributed by atoms with Crippen molar-refractivity contribution in [2.45, 2.75) is 59.9 Å². The molecule has 11 nitrogen and oxygen atoms in total. The summed E-state index contributed by atoms with van der Waals surface area (Å²) in [5.74, 6) is -0.776. The van der Waals surface area contributed by atoms with Crippen LogP contribution in [0.2, 0.25) is 0 Å². The predicted molar refractivity (Wildman–Crippen MR) is 133 cm³/mol. The lowest BCUT2D eigenvalue weighted by Crippen LogP contribution is -2.41. The minimum atomic E-state index is -0.970. The normalized spacial score (nSPS) is 11.6. The Morgan fingerprint density at radius 1 is 0.865 bits per heavy atom. The molecular weight excluding hydrogens is 486 g/mol. The first-order valence-electron chi connectivity index (χ1n) is 12.3. The Bertz CT molecular complexity index is 884. The summed E-state index contributed by atoms with van der Waals surface area (Å²) < 4.78 is 30.6.